The molecule has 3 aliphatic rings. The zero-order valence-electron chi connectivity index (χ0n) is 48.9. The highest BCUT2D eigenvalue weighted by Gasteiger charge is 2.47. The van der Waals surface area contributed by atoms with Crippen LogP contribution in [0, 0.1) is 41.5 Å². The predicted octanol–water partition coefficient (Wildman–Crippen LogP) is 21.3. The predicted molar refractivity (Wildman–Crippen MR) is 346 cm³/mol. The van der Waals surface area contributed by atoms with Gasteiger partial charge in [-0.1, -0.05) is 167 Å². The summed E-state index contributed by atoms with van der Waals surface area (Å²) in [7, 11) is 0. The van der Waals surface area contributed by atoms with Crippen molar-refractivity contribution in [2.24, 2.45) is 0 Å². The molecule has 0 atom stereocenters. The smallest absolute Gasteiger partial charge is 0.0742 e. The fraction of sp³-hybridized carbons (Fsp3) is 0.165. The molecule has 3 heteroatoms. The standard InChI is InChI=1S/C79H69N3/c1-50-44-63(45-51(2)54(50)5)80(61-40-42-67-65-24-14-16-26-69(65)77(7,8)73(67)48-61)59-36-32-56(33-37-59)79(71-28-18-20-30-75(71)82(58-22-12-11-13-23-58)76-31-21-19-29-72(76)79)57-34-38-60(39-35-57)81(64-46-52(3)55(6)53(4)47-64)62-41-43-68-66-25-15-17-27-70(66)78(9,10)74(68)49-62/h11-49H,1-10H3. The van der Waals surface area contributed by atoms with Gasteiger partial charge in [-0.2, -0.15) is 0 Å². The van der Waals surface area contributed by atoms with Crippen LogP contribution in [0.2, 0.25) is 0 Å². The van der Waals surface area contributed by atoms with Gasteiger partial charge in [-0.05, 0) is 239 Å². The number of hydrogen-bond donors (Lipinski definition) is 0. The van der Waals surface area contributed by atoms with Gasteiger partial charge in [0.1, 0.15) is 0 Å². The molecule has 1 heterocycles. The highest BCUT2D eigenvalue weighted by atomic mass is 15.2. The van der Waals surface area contributed by atoms with Crippen molar-refractivity contribution < 1.29 is 0 Å². The van der Waals surface area contributed by atoms with Crippen LogP contribution < -0.4 is 14.7 Å². The molecule has 1 aliphatic heterocycles. The van der Waals surface area contributed by atoms with Gasteiger partial charge < -0.3 is 14.7 Å². The molecule has 2 aliphatic carbocycles. The first-order valence-corrected chi connectivity index (χ1v) is 29.2. The fourth-order valence-corrected chi connectivity index (χ4v) is 14.5. The molecule has 0 radical (unpaired) electrons. The minimum atomic E-state index is -0.730. The third kappa shape index (κ3) is 7.62. The van der Waals surface area contributed by atoms with Crippen LogP contribution >= 0.6 is 0 Å². The molecule has 11 aromatic carbocycles. The van der Waals surface area contributed by atoms with Crippen LogP contribution in [0.25, 0.3) is 22.3 Å². The Morgan fingerprint density at radius 1 is 0.280 bits per heavy atom. The molecule has 400 valence electrons. The maximum Gasteiger partial charge on any atom is 0.0742 e. The largest absolute Gasteiger partial charge is 0.310 e. The van der Waals surface area contributed by atoms with E-state index in [0.29, 0.717) is 0 Å². The maximum atomic E-state index is 2.48. The molecule has 82 heavy (non-hydrogen) atoms. The topological polar surface area (TPSA) is 9.72 Å². The number of aryl methyl sites for hydroxylation is 4. The second-order valence-corrected chi connectivity index (χ2v) is 24.4. The number of anilines is 9. The van der Waals surface area contributed by atoms with Crippen molar-refractivity contribution in [3.8, 4) is 22.3 Å². The molecular weight excluding hydrogens is 991 g/mol. The molecule has 11 aromatic rings. The highest BCUT2D eigenvalue weighted by molar-refractivity contribution is 5.92. The Morgan fingerprint density at radius 2 is 0.610 bits per heavy atom. The van der Waals surface area contributed by atoms with Crippen LogP contribution in [0.15, 0.2) is 237 Å². The maximum absolute atomic E-state index is 2.48. The Balaban J connectivity index is 0.968. The van der Waals surface area contributed by atoms with E-state index in [2.05, 4.69) is 321 Å². The molecule has 0 unspecified atom stereocenters. The fourth-order valence-electron chi connectivity index (χ4n) is 14.5. The lowest BCUT2D eigenvalue weighted by atomic mass is 9.62. The van der Waals surface area contributed by atoms with Crippen LogP contribution in [0.4, 0.5) is 51.2 Å². The van der Waals surface area contributed by atoms with E-state index in [9.17, 15) is 0 Å². The van der Waals surface area contributed by atoms with Gasteiger partial charge in [0.2, 0.25) is 0 Å². The van der Waals surface area contributed by atoms with Crippen LogP contribution in [-0.4, -0.2) is 0 Å². The average molecular weight is 1060 g/mol. The van der Waals surface area contributed by atoms with E-state index >= 15 is 0 Å². The van der Waals surface area contributed by atoms with Gasteiger partial charge in [0, 0.05) is 50.6 Å². The van der Waals surface area contributed by atoms with Gasteiger partial charge in [-0.25, -0.2) is 0 Å². The molecule has 0 spiro atoms. The SMILES string of the molecule is Cc1cc(N(c2ccc(C3(c4ccc(N(c5cc(C)c(C)c(C)c5)c5ccc6c(c5)C(C)(C)c5ccccc5-6)cc4)c4ccccc4N(c4ccccc4)c4ccccc43)cc2)c2ccc3c(c2)C(C)(C)c2ccccc2-3)cc(C)c1C. The molecule has 0 amide bonds. The quantitative estimate of drug-likeness (QED) is 0.143. The van der Waals surface area contributed by atoms with Crippen LogP contribution in [0.3, 0.4) is 0 Å². The molecule has 0 aromatic heterocycles. The van der Waals surface area contributed by atoms with Gasteiger partial charge in [-0.15, -0.1) is 0 Å². The zero-order chi connectivity index (χ0) is 56.4. The van der Waals surface area contributed by atoms with Crippen molar-refractivity contribution in [1.29, 1.82) is 0 Å². The summed E-state index contributed by atoms with van der Waals surface area (Å²) in [6, 6.07) is 89.8. The van der Waals surface area contributed by atoms with E-state index in [1.165, 1.54) is 100 Å². The molecular formula is C79H69N3. The third-order valence-electron chi connectivity index (χ3n) is 19.2. The van der Waals surface area contributed by atoms with Crippen molar-refractivity contribution in [1.82, 2.24) is 0 Å². The number of nitrogens with zero attached hydrogens (tertiary/aromatic N) is 3. The number of fused-ring (bicyclic) bond motifs is 8. The second-order valence-electron chi connectivity index (χ2n) is 24.4. The van der Waals surface area contributed by atoms with Crippen molar-refractivity contribution >= 4 is 51.2 Å². The van der Waals surface area contributed by atoms with Crippen LogP contribution in [0.1, 0.15) is 106 Å². The van der Waals surface area contributed by atoms with E-state index in [0.717, 1.165) is 51.2 Å². The Bertz CT molecular complexity index is 4040. The summed E-state index contributed by atoms with van der Waals surface area (Å²) in [4.78, 5) is 7.41. The molecule has 3 nitrogen and oxygen atoms in total. The van der Waals surface area contributed by atoms with Gasteiger partial charge in [0.15, 0.2) is 0 Å². The Kier molecular flexibility index (Phi) is 11.8. The van der Waals surface area contributed by atoms with Crippen LogP contribution in [-0.2, 0) is 16.2 Å². The van der Waals surface area contributed by atoms with Gasteiger partial charge >= 0.3 is 0 Å². The summed E-state index contributed by atoms with van der Waals surface area (Å²) in [5.74, 6) is 0. The minimum absolute atomic E-state index is 0.145. The first-order chi connectivity index (χ1) is 39.7. The average Bonchev–Trinajstić information content (AvgIpc) is 4.08. The van der Waals surface area contributed by atoms with Crippen molar-refractivity contribution in [3.63, 3.8) is 0 Å². The van der Waals surface area contributed by atoms with Gasteiger partial charge in [0.05, 0.1) is 16.8 Å². The van der Waals surface area contributed by atoms with Crippen molar-refractivity contribution in [2.75, 3.05) is 14.7 Å². The number of benzene rings is 11. The third-order valence-corrected chi connectivity index (χ3v) is 19.2. The summed E-state index contributed by atoms with van der Waals surface area (Å²) in [5.41, 5.74) is 32.6. The van der Waals surface area contributed by atoms with E-state index in [1.807, 2.05) is 0 Å². The number of para-hydroxylation sites is 3. The van der Waals surface area contributed by atoms with Crippen LogP contribution in [0.5, 0.6) is 0 Å². The molecule has 0 fully saturated rings. The zero-order valence-corrected chi connectivity index (χ0v) is 48.9. The first kappa shape index (κ1) is 51.0. The Labute approximate surface area is 485 Å². The molecule has 14 rings (SSSR count). The summed E-state index contributed by atoms with van der Waals surface area (Å²) >= 11 is 0. The molecule has 0 saturated carbocycles. The summed E-state index contributed by atoms with van der Waals surface area (Å²) in [6.45, 7) is 23.0. The van der Waals surface area contributed by atoms with E-state index in [1.54, 1.807) is 0 Å². The Morgan fingerprint density at radius 3 is 1.01 bits per heavy atom. The number of rotatable bonds is 9. The lowest BCUT2D eigenvalue weighted by Crippen LogP contribution is -2.37. The highest BCUT2D eigenvalue weighted by Crippen LogP contribution is 2.59. The summed E-state index contributed by atoms with van der Waals surface area (Å²) in [6.07, 6.45) is 0. The molecule has 0 N–H and O–H groups in total. The monoisotopic (exact) mass is 1060 g/mol. The van der Waals surface area contributed by atoms with Gasteiger partial charge in [-0.3, -0.25) is 0 Å². The van der Waals surface area contributed by atoms with E-state index < -0.39 is 5.41 Å². The van der Waals surface area contributed by atoms with E-state index in [-0.39, 0.29) is 10.8 Å². The summed E-state index contributed by atoms with van der Waals surface area (Å²) in [5, 5.41) is 0. The first-order valence-electron chi connectivity index (χ1n) is 29.2. The minimum Gasteiger partial charge on any atom is -0.310 e. The van der Waals surface area contributed by atoms with E-state index in [4.69, 9.17) is 0 Å². The number of hydrogen-bond acceptors (Lipinski definition) is 3. The normalized spacial score (nSPS) is 14.5. The lowest BCUT2D eigenvalue weighted by Gasteiger charge is -2.46. The molecule has 0 saturated heterocycles. The van der Waals surface area contributed by atoms with Crippen molar-refractivity contribution in [2.45, 2.75) is 85.5 Å². The lowest BCUT2D eigenvalue weighted by molar-refractivity contribution is 0.660. The Hall–Kier alpha value is -9.18. The second kappa shape index (κ2) is 19.0. The van der Waals surface area contributed by atoms with Crippen molar-refractivity contribution in [3.05, 3.63) is 314 Å². The molecule has 0 bridgehead atoms. The summed E-state index contributed by atoms with van der Waals surface area (Å²) < 4.78 is 0. The van der Waals surface area contributed by atoms with Gasteiger partial charge in [0.25, 0.3) is 0 Å².